The van der Waals surface area contributed by atoms with E-state index in [2.05, 4.69) is 37.6 Å². The molecule has 2 aromatic heterocycles. The van der Waals surface area contributed by atoms with Crippen molar-refractivity contribution in [3.8, 4) is 0 Å². The lowest BCUT2D eigenvalue weighted by Gasteiger charge is -2.27. The normalized spacial score (nSPS) is 18.8. The van der Waals surface area contributed by atoms with Crippen LogP contribution in [0.2, 0.25) is 0 Å². The topological polar surface area (TPSA) is 73.1 Å². The highest BCUT2D eigenvalue weighted by molar-refractivity contribution is 7.80. The number of benzene rings is 1. The molecule has 0 aliphatic carbocycles. The highest BCUT2D eigenvalue weighted by Gasteiger charge is 2.41. The maximum absolute atomic E-state index is 11.3. The van der Waals surface area contributed by atoms with Crippen LogP contribution in [0.25, 0.3) is 0 Å². The van der Waals surface area contributed by atoms with Gasteiger partial charge in [0.15, 0.2) is 5.11 Å². The Morgan fingerprint density at radius 2 is 1.93 bits per heavy atom. The number of nitrogens with one attached hydrogen (secondary N) is 3. The van der Waals surface area contributed by atoms with Crippen LogP contribution in [-0.4, -0.2) is 21.0 Å². The van der Waals surface area contributed by atoms with E-state index in [0.717, 1.165) is 28.5 Å². The first kappa shape index (κ1) is 18.2. The van der Waals surface area contributed by atoms with Crippen molar-refractivity contribution in [2.45, 2.75) is 25.9 Å². The SMILES string of the molecule is CC(=O)Nc1ccc(N2C(=S)N[C@@H](c3ccccn3)[C@@H]2c2ccc(C)[nH]2)cc1. The molecule has 3 N–H and O–H groups in total. The van der Waals surface area contributed by atoms with Crippen molar-refractivity contribution in [3.05, 3.63) is 77.9 Å². The third-order valence-electron chi connectivity index (χ3n) is 4.74. The molecule has 28 heavy (non-hydrogen) atoms. The van der Waals surface area contributed by atoms with Crippen molar-refractivity contribution < 1.29 is 4.79 Å². The lowest BCUT2D eigenvalue weighted by atomic mass is 10.0. The van der Waals surface area contributed by atoms with Crippen LogP contribution in [0, 0.1) is 6.92 Å². The number of nitrogens with zero attached hydrogens (tertiary/aromatic N) is 2. The second-order valence-electron chi connectivity index (χ2n) is 6.82. The average Bonchev–Trinajstić information content (AvgIpc) is 3.26. The van der Waals surface area contributed by atoms with Crippen molar-refractivity contribution in [2.24, 2.45) is 0 Å². The van der Waals surface area contributed by atoms with E-state index in [1.165, 1.54) is 6.92 Å². The second-order valence-corrected chi connectivity index (χ2v) is 7.21. The molecule has 7 heteroatoms. The molecule has 1 saturated heterocycles. The van der Waals surface area contributed by atoms with E-state index in [-0.39, 0.29) is 18.0 Å². The summed E-state index contributed by atoms with van der Waals surface area (Å²) < 4.78 is 0. The summed E-state index contributed by atoms with van der Waals surface area (Å²) in [5, 5.41) is 6.86. The van der Waals surface area contributed by atoms with E-state index >= 15 is 0 Å². The van der Waals surface area contributed by atoms with Crippen LogP contribution >= 0.6 is 12.2 Å². The molecule has 6 nitrogen and oxygen atoms in total. The summed E-state index contributed by atoms with van der Waals surface area (Å²) in [6.45, 7) is 3.53. The Morgan fingerprint density at radius 3 is 2.54 bits per heavy atom. The summed E-state index contributed by atoms with van der Waals surface area (Å²) in [4.78, 5) is 21.4. The smallest absolute Gasteiger partial charge is 0.221 e. The molecule has 1 fully saturated rings. The predicted octanol–water partition coefficient (Wildman–Crippen LogP) is 3.85. The van der Waals surface area contributed by atoms with Crippen molar-refractivity contribution >= 4 is 34.6 Å². The maximum Gasteiger partial charge on any atom is 0.221 e. The number of H-pyrrole nitrogens is 1. The van der Waals surface area contributed by atoms with E-state index in [0.29, 0.717) is 5.11 Å². The quantitative estimate of drug-likeness (QED) is 0.589. The van der Waals surface area contributed by atoms with E-state index in [4.69, 9.17) is 12.2 Å². The molecule has 3 aromatic rings. The Balaban J connectivity index is 1.74. The van der Waals surface area contributed by atoms with E-state index in [1.54, 1.807) is 6.20 Å². The van der Waals surface area contributed by atoms with E-state index in [1.807, 2.05) is 49.4 Å². The summed E-state index contributed by atoms with van der Waals surface area (Å²) in [6.07, 6.45) is 1.79. The number of anilines is 2. The second kappa shape index (κ2) is 7.44. The molecule has 0 bridgehead atoms. The zero-order valence-electron chi connectivity index (χ0n) is 15.6. The summed E-state index contributed by atoms with van der Waals surface area (Å²) in [5.74, 6) is -0.0962. The molecule has 1 aromatic carbocycles. The van der Waals surface area contributed by atoms with Gasteiger partial charge in [-0.3, -0.25) is 9.78 Å². The Kier molecular flexibility index (Phi) is 4.83. The molecule has 4 rings (SSSR count). The van der Waals surface area contributed by atoms with Crippen LogP contribution in [-0.2, 0) is 4.79 Å². The summed E-state index contributed by atoms with van der Waals surface area (Å²) in [5.41, 5.74) is 4.78. The zero-order valence-corrected chi connectivity index (χ0v) is 16.5. The van der Waals surface area contributed by atoms with Crippen LogP contribution in [0.15, 0.2) is 60.8 Å². The number of aryl methyl sites for hydroxylation is 1. The van der Waals surface area contributed by atoms with E-state index < -0.39 is 0 Å². The van der Waals surface area contributed by atoms with Gasteiger partial charge in [-0.2, -0.15) is 0 Å². The van der Waals surface area contributed by atoms with Gasteiger partial charge in [0, 0.05) is 35.9 Å². The minimum Gasteiger partial charge on any atom is -0.361 e. The number of carbonyl (C=O) groups is 1. The maximum atomic E-state index is 11.3. The lowest BCUT2D eigenvalue weighted by Crippen LogP contribution is -2.29. The monoisotopic (exact) mass is 391 g/mol. The summed E-state index contributed by atoms with van der Waals surface area (Å²) in [6, 6.07) is 17.6. The summed E-state index contributed by atoms with van der Waals surface area (Å²) >= 11 is 5.69. The van der Waals surface area contributed by atoms with Crippen LogP contribution in [0.3, 0.4) is 0 Å². The molecule has 0 spiro atoms. The Hall–Kier alpha value is -3.19. The fraction of sp³-hybridized carbons (Fsp3) is 0.190. The third kappa shape index (κ3) is 3.48. The molecular weight excluding hydrogens is 370 g/mol. The van der Waals surface area contributed by atoms with Crippen molar-refractivity contribution in [2.75, 3.05) is 10.2 Å². The van der Waals surface area contributed by atoms with E-state index in [9.17, 15) is 4.79 Å². The molecular formula is C21H21N5OS. The van der Waals surface area contributed by atoms with Crippen LogP contribution in [0.4, 0.5) is 11.4 Å². The van der Waals surface area contributed by atoms with Gasteiger partial charge in [-0.15, -0.1) is 0 Å². The van der Waals surface area contributed by atoms with Crippen molar-refractivity contribution in [3.63, 3.8) is 0 Å². The number of aromatic amines is 1. The summed E-state index contributed by atoms with van der Waals surface area (Å²) in [7, 11) is 0. The number of carbonyl (C=O) groups excluding carboxylic acids is 1. The van der Waals surface area contributed by atoms with Crippen LogP contribution in [0.1, 0.15) is 36.1 Å². The highest BCUT2D eigenvalue weighted by atomic mass is 32.1. The van der Waals surface area contributed by atoms with Gasteiger partial charge in [-0.05, 0) is 67.7 Å². The molecule has 2 atom stereocenters. The number of amides is 1. The molecule has 1 amide bonds. The van der Waals surface area contributed by atoms with Crippen molar-refractivity contribution in [1.82, 2.24) is 15.3 Å². The number of hydrogen-bond donors (Lipinski definition) is 3. The number of rotatable bonds is 4. The number of hydrogen-bond acceptors (Lipinski definition) is 3. The minimum atomic E-state index is -0.0962. The zero-order chi connectivity index (χ0) is 19.7. The Labute approximate surface area is 169 Å². The number of aromatic nitrogens is 2. The minimum absolute atomic E-state index is 0.0669. The predicted molar refractivity (Wildman–Crippen MR) is 114 cm³/mol. The van der Waals surface area contributed by atoms with Gasteiger partial charge in [0.25, 0.3) is 0 Å². The molecule has 3 heterocycles. The molecule has 1 aliphatic rings. The first-order valence-electron chi connectivity index (χ1n) is 9.07. The average molecular weight is 392 g/mol. The first-order valence-corrected chi connectivity index (χ1v) is 9.47. The molecule has 1 aliphatic heterocycles. The Morgan fingerprint density at radius 1 is 1.14 bits per heavy atom. The van der Waals surface area contributed by atoms with Gasteiger partial charge in [-0.1, -0.05) is 6.07 Å². The fourth-order valence-corrected chi connectivity index (χ4v) is 3.90. The van der Waals surface area contributed by atoms with Gasteiger partial charge in [0.05, 0.1) is 11.7 Å². The largest absolute Gasteiger partial charge is 0.361 e. The number of pyridine rings is 1. The molecule has 0 saturated carbocycles. The Bertz CT molecular complexity index is 999. The fourth-order valence-electron chi connectivity index (χ4n) is 3.56. The number of thiocarbonyl (C=S) groups is 1. The van der Waals surface area contributed by atoms with Gasteiger partial charge >= 0.3 is 0 Å². The van der Waals surface area contributed by atoms with Gasteiger partial charge < -0.3 is 20.5 Å². The van der Waals surface area contributed by atoms with Gasteiger partial charge in [0.2, 0.25) is 5.91 Å². The van der Waals surface area contributed by atoms with Gasteiger partial charge in [-0.25, -0.2) is 0 Å². The lowest BCUT2D eigenvalue weighted by molar-refractivity contribution is -0.114. The molecule has 0 radical (unpaired) electrons. The van der Waals surface area contributed by atoms with Gasteiger partial charge in [0.1, 0.15) is 6.04 Å². The first-order chi connectivity index (χ1) is 13.5. The third-order valence-corrected chi connectivity index (χ3v) is 5.05. The molecule has 0 unspecified atom stereocenters. The molecule has 142 valence electrons. The standard InChI is InChI=1S/C21H21N5OS/c1-13-6-11-18(23-13)20-19(17-5-3-4-12-22-17)25-21(28)26(20)16-9-7-15(8-10-16)24-14(2)27/h3-12,19-20,23H,1-2H3,(H,24,27)(H,25,28)/t19-,20-/m0/s1. The van der Waals surface area contributed by atoms with Crippen LogP contribution < -0.4 is 15.5 Å². The highest BCUT2D eigenvalue weighted by Crippen LogP contribution is 2.41. The van der Waals surface area contributed by atoms with Crippen molar-refractivity contribution in [1.29, 1.82) is 0 Å². The van der Waals surface area contributed by atoms with Crippen LogP contribution in [0.5, 0.6) is 0 Å².